The Morgan fingerprint density at radius 2 is 2.33 bits per heavy atom. The average molecular weight is 289 g/mol. The quantitative estimate of drug-likeness (QED) is 0.660. The first-order chi connectivity index (χ1) is 8.63. The van der Waals surface area contributed by atoms with Gasteiger partial charge in [0.2, 0.25) is 11.2 Å². The number of piperidine rings is 1. The van der Waals surface area contributed by atoms with Crippen LogP contribution in [0, 0.1) is 5.92 Å². The van der Waals surface area contributed by atoms with Crippen LogP contribution in [0.2, 0.25) is 10.4 Å². The van der Waals surface area contributed by atoms with E-state index in [0.717, 1.165) is 25.9 Å². The van der Waals surface area contributed by atoms with Crippen LogP contribution >= 0.6 is 23.2 Å². The van der Waals surface area contributed by atoms with Crippen LogP contribution < -0.4 is 10.6 Å². The minimum absolute atomic E-state index is 0.0251. The summed E-state index contributed by atoms with van der Waals surface area (Å²) in [5.74, 6) is 0.648. The van der Waals surface area contributed by atoms with E-state index < -0.39 is 0 Å². The molecule has 0 spiro atoms. The zero-order valence-electron chi connectivity index (χ0n) is 9.75. The van der Waals surface area contributed by atoms with E-state index in [1.165, 1.54) is 6.07 Å². The Hall–Kier alpha value is -0.910. The third-order valence-electron chi connectivity index (χ3n) is 2.81. The van der Waals surface area contributed by atoms with Crippen molar-refractivity contribution in [2.24, 2.45) is 5.92 Å². The maximum Gasteiger partial charge on any atom is 0.225 e. The van der Waals surface area contributed by atoms with Crippen molar-refractivity contribution in [1.29, 1.82) is 0 Å². The van der Waals surface area contributed by atoms with Crippen molar-refractivity contribution in [3.63, 3.8) is 0 Å². The molecule has 1 saturated heterocycles. The minimum Gasteiger partial charge on any atom is -0.316 e. The van der Waals surface area contributed by atoms with Crippen LogP contribution in [-0.4, -0.2) is 29.0 Å². The highest BCUT2D eigenvalue weighted by Gasteiger charge is 2.17. The van der Waals surface area contributed by atoms with E-state index in [1.807, 2.05) is 0 Å². The molecule has 7 heteroatoms. The average Bonchev–Trinajstić information content (AvgIpc) is 2.28. The second-order valence-corrected chi connectivity index (χ2v) is 5.03. The van der Waals surface area contributed by atoms with Crippen LogP contribution in [0.1, 0.15) is 19.3 Å². The van der Waals surface area contributed by atoms with Crippen LogP contribution in [-0.2, 0) is 4.79 Å². The summed E-state index contributed by atoms with van der Waals surface area (Å²) in [7, 11) is 0. The lowest BCUT2D eigenvalue weighted by atomic mass is 9.96. The first-order valence-electron chi connectivity index (χ1n) is 5.84. The molecule has 0 saturated carbocycles. The monoisotopic (exact) mass is 288 g/mol. The third kappa shape index (κ3) is 4.08. The van der Waals surface area contributed by atoms with Crippen LogP contribution in [0.5, 0.6) is 0 Å². The van der Waals surface area contributed by atoms with Gasteiger partial charge in [-0.2, -0.15) is 0 Å². The van der Waals surface area contributed by atoms with Gasteiger partial charge in [0, 0.05) is 12.5 Å². The number of anilines is 1. The molecule has 18 heavy (non-hydrogen) atoms. The molecule has 1 aliphatic heterocycles. The fraction of sp³-hybridized carbons (Fsp3) is 0.545. The molecule has 2 N–H and O–H groups in total. The third-order valence-corrected chi connectivity index (χ3v) is 3.17. The van der Waals surface area contributed by atoms with Gasteiger partial charge in [-0.15, -0.1) is 0 Å². The van der Waals surface area contributed by atoms with Crippen LogP contribution in [0.4, 0.5) is 5.82 Å². The number of halogens is 2. The van der Waals surface area contributed by atoms with Gasteiger partial charge in [0.1, 0.15) is 11.0 Å². The summed E-state index contributed by atoms with van der Waals surface area (Å²) >= 11 is 11.4. The lowest BCUT2D eigenvalue weighted by molar-refractivity contribution is -0.117. The van der Waals surface area contributed by atoms with E-state index in [-0.39, 0.29) is 16.3 Å². The number of hydrogen-bond acceptors (Lipinski definition) is 4. The molecule has 1 atom stereocenters. The maximum absolute atomic E-state index is 11.8. The molecule has 1 amide bonds. The van der Waals surface area contributed by atoms with Gasteiger partial charge in [0.15, 0.2) is 0 Å². The highest BCUT2D eigenvalue weighted by Crippen LogP contribution is 2.17. The molecular weight excluding hydrogens is 275 g/mol. The molecule has 2 rings (SSSR count). The number of carbonyl (C=O) groups excluding carboxylic acids is 1. The number of hydrogen-bond donors (Lipinski definition) is 2. The van der Waals surface area contributed by atoms with Crippen LogP contribution in [0.25, 0.3) is 0 Å². The van der Waals surface area contributed by atoms with Gasteiger partial charge in [0.05, 0.1) is 0 Å². The van der Waals surface area contributed by atoms with E-state index in [9.17, 15) is 4.79 Å². The van der Waals surface area contributed by atoms with Crippen molar-refractivity contribution in [1.82, 2.24) is 15.3 Å². The van der Waals surface area contributed by atoms with E-state index >= 15 is 0 Å². The van der Waals surface area contributed by atoms with Crippen molar-refractivity contribution in [3.8, 4) is 0 Å². The lowest BCUT2D eigenvalue weighted by Crippen LogP contribution is -2.32. The zero-order valence-corrected chi connectivity index (χ0v) is 11.3. The highest BCUT2D eigenvalue weighted by molar-refractivity contribution is 6.32. The number of carbonyl (C=O) groups is 1. The number of rotatable bonds is 3. The van der Waals surface area contributed by atoms with E-state index in [2.05, 4.69) is 20.6 Å². The number of amides is 1. The Kier molecular flexibility index (Phi) is 4.74. The van der Waals surface area contributed by atoms with Gasteiger partial charge in [-0.25, -0.2) is 9.97 Å². The number of aromatic nitrogens is 2. The van der Waals surface area contributed by atoms with Crippen molar-refractivity contribution < 1.29 is 4.79 Å². The standard InChI is InChI=1S/C11H14Cl2N4O/c12-8-5-9(17-11(13)15-8)16-10(18)4-7-2-1-3-14-6-7/h5,7,14H,1-4,6H2,(H,15,16,17,18). The van der Waals surface area contributed by atoms with Gasteiger partial charge in [0.25, 0.3) is 0 Å². The van der Waals surface area contributed by atoms with Gasteiger partial charge >= 0.3 is 0 Å². The van der Waals surface area contributed by atoms with E-state index in [1.54, 1.807) is 0 Å². The summed E-state index contributed by atoms with van der Waals surface area (Å²) in [6.07, 6.45) is 2.67. The van der Waals surface area contributed by atoms with Crippen molar-refractivity contribution in [2.45, 2.75) is 19.3 Å². The molecule has 0 aromatic carbocycles. The number of nitrogens with one attached hydrogen (secondary N) is 2. The SMILES string of the molecule is O=C(CC1CCCNC1)Nc1cc(Cl)nc(Cl)n1. The van der Waals surface area contributed by atoms with Gasteiger partial charge in [-0.3, -0.25) is 4.79 Å². The van der Waals surface area contributed by atoms with E-state index in [0.29, 0.717) is 18.2 Å². The smallest absolute Gasteiger partial charge is 0.225 e. The largest absolute Gasteiger partial charge is 0.316 e. The number of nitrogens with zero attached hydrogens (tertiary/aromatic N) is 2. The Labute approximate surface area is 115 Å². The Balaban J connectivity index is 1.89. The molecule has 1 unspecified atom stereocenters. The fourth-order valence-corrected chi connectivity index (χ4v) is 2.42. The Bertz CT molecular complexity index is 415. The van der Waals surface area contributed by atoms with Crippen molar-refractivity contribution in [2.75, 3.05) is 18.4 Å². The van der Waals surface area contributed by atoms with Gasteiger partial charge < -0.3 is 10.6 Å². The van der Waals surface area contributed by atoms with Gasteiger partial charge in [-0.1, -0.05) is 11.6 Å². The van der Waals surface area contributed by atoms with Crippen molar-refractivity contribution in [3.05, 3.63) is 16.5 Å². The summed E-state index contributed by atoms with van der Waals surface area (Å²) in [5, 5.41) is 6.20. The summed E-state index contributed by atoms with van der Waals surface area (Å²) in [4.78, 5) is 19.4. The topological polar surface area (TPSA) is 66.9 Å². The zero-order chi connectivity index (χ0) is 13.0. The fourth-order valence-electron chi connectivity index (χ4n) is 2.01. The molecule has 0 aliphatic carbocycles. The second-order valence-electron chi connectivity index (χ2n) is 4.31. The second kappa shape index (κ2) is 6.31. The molecule has 1 aromatic rings. The molecule has 98 valence electrons. The highest BCUT2D eigenvalue weighted by atomic mass is 35.5. The molecule has 2 heterocycles. The first kappa shape index (κ1) is 13.5. The minimum atomic E-state index is -0.0745. The summed E-state index contributed by atoms with van der Waals surface area (Å²) in [5.41, 5.74) is 0. The molecule has 1 aliphatic rings. The normalized spacial score (nSPS) is 19.6. The summed E-state index contributed by atoms with van der Waals surface area (Å²) in [6, 6.07) is 1.48. The van der Waals surface area contributed by atoms with Crippen molar-refractivity contribution >= 4 is 34.9 Å². The lowest BCUT2D eigenvalue weighted by Gasteiger charge is -2.21. The van der Waals surface area contributed by atoms with Gasteiger partial charge in [-0.05, 0) is 43.5 Å². The predicted molar refractivity (Wildman–Crippen MR) is 70.9 cm³/mol. The molecule has 1 aromatic heterocycles. The maximum atomic E-state index is 11.8. The summed E-state index contributed by atoms with van der Waals surface area (Å²) < 4.78 is 0. The Morgan fingerprint density at radius 1 is 1.50 bits per heavy atom. The first-order valence-corrected chi connectivity index (χ1v) is 6.60. The molecule has 0 bridgehead atoms. The summed E-state index contributed by atoms with van der Waals surface area (Å²) in [6.45, 7) is 1.92. The molecule has 1 fully saturated rings. The van der Waals surface area contributed by atoms with Crippen LogP contribution in [0.15, 0.2) is 6.07 Å². The predicted octanol–water partition coefficient (Wildman–Crippen LogP) is 2.11. The molecule has 5 nitrogen and oxygen atoms in total. The van der Waals surface area contributed by atoms with Crippen LogP contribution in [0.3, 0.4) is 0 Å². The Morgan fingerprint density at radius 3 is 3.00 bits per heavy atom. The van der Waals surface area contributed by atoms with E-state index in [4.69, 9.17) is 23.2 Å². The molecular formula is C11H14Cl2N4O. The molecule has 0 radical (unpaired) electrons.